The predicted octanol–water partition coefficient (Wildman–Crippen LogP) is 7.63. The third kappa shape index (κ3) is 9.02. The van der Waals surface area contributed by atoms with Gasteiger partial charge in [-0.15, -0.1) is 0 Å². The summed E-state index contributed by atoms with van der Waals surface area (Å²) < 4.78 is 71.0. The highest BCUT2D eigenvalue weighted by Crippen LogP contribution is 2.39. The normalized spacial score (nSPS) is 14.6. The van der Waals surface area contributed by atoms with Gasteiger partial charge in [-0.05, 0) is 79.3 Å². The molecule has 2 aromatic carbocycles. The molecule has 0 saturated heterocycles. The number of allylic oxidation sites excluding steroid dienone is 4. The number of phenols is 1. The Morgan fingerprint density at radius 3 is 2.45 bits per heavy atom. The highest BCUT2D eigenvalue weighted by Gasteiger charge is 2.30. The number of rotatable bonds is 15. The van der Waals surface area contributed by atoms with Gasteiger partial charge in [0.05, 0.1) is 17.1 Å². The molecule has 1 heterocycles. The maximum Gasteiger partial charge on any atom is 0.387 e. The molecule has 0 spiro atoms. The number of amides is 1. The summed E-state index contributed by atoms with van der Waals surface area (Å²) in [6.07, 6.45) is 4.54. The monoisotopic (exact) mass is 738 g/mol. The van der Waals surface area contributed by atoms with Crippen molar-refractivity contribution in [3.05, 3.63) is 106 Å². The zero-order valence-electron chi connectivity index (χ0n) is 26.7. The number of benzene rings is 2. The summed E-state index contributed by atoms with van der Waals surface area (Å²) in [5, 5.41) is 10.6. The lowest BCUT2D eigenvalue weighted by molar-refractivity contribution is -0.0515. The van der Waals surface area contributed by atoms with Crippen LogP contribution in [0.25, 0.3) is 0 Å². The second kappa shape index (κ2) is 15.9. The average molecular weight is 740 g/mol. The van der Waals surface area contributed by atoms with E-state index in [1.807, 2.05) is 0 Å². The van der Waals surface area contributed by atoms with E-state index in [1.54, 1.807) is 13.0 Å². The van der Waals surface area contributed by atoms with Crippen molar-refractivity contribution in [1.29, 1.82) is 0 Å². The van der Waals surface area contributed by atoms with E-state index >= 15 is 0 Å². The fourth-order valence-corrected chi connectivity index (χ4v) is 6.43. The molecule has 0 unspecified atom stereocenters. The smallest absolute Gasteiger partial charge is 0.387 e. The van der Waals surface area contributed by atoms with Crippen molar-refractivity contribution in [3.63, 3.8) is 0 Å². The number of nitrogens with zero attached hydrogens (tertiary/aromatic N) is 2. The molecule has 0 radical (unpaired) electrons. The number of aromatic hydroxyl groups is 1. The summed E-state index contributed by atoms with van der Waals surface area (Å²) in [6, 6.07) is 9.75. The molecular weight excluding hydrogens is 705 g/mol. The summed E-state index contributed by atoms with van der Waals surface area (Å²) in [7, 11) is -1.63. The Kier molecular flexibility index (Phi) is 12.2. The minimum Gasteiger partial charge on any atom is -0.507 e. The third-order valence-corrected chi connectivity index (χ3v) is 9.97. The summed E-state index contributed by atoms with van der Waals surface area (Å²) in [5.41, 5.74) is -0.0598. The number of ether oxygens (including phenoxy) is 3. The number of halogens is 4. The minimum absolute atomic E-state index is 0.00964. The number of alkyl halides is 2. The number of carbonyl (C=O) groups is 2. The second-order valence-electron chi connectivity index (χ2n) is 11.2. The van der Waals surface area contributed by atoms with Crippen molar-refractivity contribution in [3.8, 4) is 17.2 Å². The number of esters is 1. The molecule has 0 bridgehead atoms. The van der Waals surface area contributed by atoms with Gasteiger partial charge < -0.3 is 24.2 Å². The number of hydrogen-bond donors (Lipinski definition) is 1. The van der Waals surface area contributed by atoms with Crippen LogP contribution in [0.5, 0.6) is 17.2 Å². The number of carbonyl (C=O) groups excluding carboxylic acids is 2. The fourth-order valence-electron chi connectivity index (χ4n) is 4.67. The van der Waals surface area contributed by atoms with Crippen LogP contribution in [0, 0.1) is 5.92 Å². The second-order valence-corrected chi connectivity index (χ2v) is 13.8. The van der Waals surface area contributed by atoms with Crippen molar-refractivity contribution in [2.45, 2.75) is 43.8 Å². The van der Waals surface area contributed by atoms with Crippen LogP contribution in [-0.4, -0.2) is 61.6 Å². The summed E-state index contributed by atoms with van der Waals surface area (Å²) >= 11 is 12.9. The van der Waals surface area contributed by atoms with Crippen molar-refractivity contribution < 1.29 is 46.1 Å². The highest BCUT2D eigenvalue weighted by atomic mass is 35.5. The molecule has 1 fully saturated rings. The Labute approximate surface area is 292 Å². The molecule has 1 aliphatic rings. The lowest BCUT2D eigenvalue weighted by Crippen LogP contribution is -2.23. The Bertz CT molecular complexity index is 1900. The fraction of sp³-hybridized carbons (Fsp3) is 0.294. The largest absolute Gasteiger partial charge is 0.507 e. The van der Waals surface area contributed by atoms with E-state index < -0.39 is 46.1 Å². The third-order valence-electron chi connectivity index (χ3n) is 7.46. The molecule has 3 aromatic rings. The molecule has 10 nitrogen and oxygen atoms in total. The summed E-state index contributed by atoms with van der Waals surface area (Å²) in [5.74, 6) is -2.12. The van der Waals surface area contributed by atoms with E-state index in [0.717, 1.165) is 37.2 Å². The maximum atomic E-state index is 13.8. The van der Waals surface area contributed by atoms with E-state index in [9.17, 15) is 31.9 Å². The van der Waals surface area contributed by atoms with Gasteiger partial charge in [0, 0.05) is 36.8 Å². The van der Waals surface area contributed by atoms with Gasteiger partial charge in [-0.2, -0.15) is 8.78 Å². The molecule has 0 aliphatic heterocycles. The Morgan fingerprint density at radius 2 is 1.84 bits per heavy atom. The average Bonchev–Trinajstić information content (AvgIpc) is 3.76. The molecule has 1 aliphatic carbocycles. The van der Waals surface area contributed by atoms with E-state index in [1.165, 1.54) is 55.4 Å². The van der Waals surface area contributed by atoms with Crippen molar-refractivity contribution in [2.24, 2.45) is 5.92 Å². The van der Waals surface area contributed by atoms with Crippen molar-refractivity contribution >= 4 is 45.1 Å². The lowest BCUT2D eigenvalue weighted by Gasteiger charge is -2.22. The van der Waals surface area contributed by atoms with E-state index in [2.05, 4.69) is 11.3 Å². The first kappa shape index (κ1) is 37.5. The molecular formula is C34H34Cl2F2N2O8S. The molecule has 1 aromatic heterocycles. The molecule has 1 N–H and O–H groups in total. The first-order valence-corrected chi connectivity index (χ1v) is 17.1. The van der Waals surface area contributed by atoms with Gasteiger partial charge in [0.1, 0.15) is 17.5 Å². The Morgan fingerprint density at radius 1 is 1.12 bits per heavy atom. The van der Waals surface area contributed by atoms with Gasteiger partial charge >= 0.3 is 12.6 Å². The molecule has 4 rings (SSSR count). The highest BCUT2D eigenvalue weighted by molar-refractivity contribution is 7.90. The molecule has 1 atom stereocenters. The van der Waals surface area contributed by atoms with Crippen LogP contribution in [0.4, 0.5) is 8.78 Å². The van der Waals surface area contributed by atoms with Gasteiger partial charge in [0.15, 0.2) is 11.5 Å². The number of aromatic nitrogens is 1. The van der Waals surface area contributed by atoms with Crippen LogP contribution in [0.1, 0.15) is 58.7 Å². The van der Waals surface area contributed by atoms with Crippen LogP contribution in [-0.2, 0) is 14.8 Å². The summed E-state index contributed by atoms with van der Waals surface area (Å²) in [6.45, 7) is 2.47. The molecule has 262 valence electrons. The zero-order valence-corrected chi connectivity index (χ0v) is 29.1. The van der Waals surface area contributed by atoms with Crippen molar-refractivity contribution in [2.75, 3.05) is 20.7 Å². The zero-order chi connectivity index (χ0) is 36.0. The molecule has 49 heavy (non-hydrogen) atoms. The number of hydrogen-bond acceptors (Lipinski definition) is 8. The van der Waals surface area contributed by atoms with Crippen LogP contribution < -0.4 is 9.47 Å². The van der Waals surface area contributed by atoms with Crippen LogP contribution in [0.2, 0.25) is 0 Å². The van der Waals surface area contributed by atoms with E-state index in [4.69, 9.17) is 32.7 Å². The van der Waals surface area contributed by atoms with Gasteiger partial charge in [-0.25, -0.2) is 17.2 Å². The van der Waals surface area contributed by atoms with Crippen LogP contribution >= 0.6 is 23.2 Å². The Hall–Kier alpha value is -4.33. The SMILES string of the molecule is C=C/C(Cl)=C(C[C@H](OC(=O)c1cccn1S(=O)(=O)c1ccc(O)c(C(=O)N(C)C)c1)c1ccc(OC(F)F)c(OCC2CC2)c1)\C(Cl)=C/C. The molecule has 15 heteroatoms. The topological polar surface area (TPSA) is 124 Å². The predicted molar refractivity (Wildman–Crippen MR) is 180 cm³/mol. The minimum atomic E-state index is -4.51. The summed E-state index contributed by atoms with van der Waals surface area (Å²) in [4.78, 5) is 27.2. The van der Waals surface area contributed by atoms with E-state index in [0.29, 0.717) is 9.55 Å². The van der Waals surface area contributed by atoms with Gasteiger partial charge in [-0.1, -0.05) is 48.0 Å². The maximum absolute atomic E-state index is 13.8. The standard InChI is InChI=1S/C34H34Cl2F2N2O8S/c1-5-25(35)23(26(36)6-2)18-30(21-11-14-29(48-34(37)38)31(16-21)46-19-20-9-10-20)47-33(43)27-8-7-15-40(27)49(44,45)22-12-13-28(41)24(17-22)32(42)39(3)4/h5-8,11-17,20,30,34,41H,1,9-10,18-19H2,2-4H3/b25-23+,26-6+/t30-/m0/s1. The molecule has 1 amide bonds. The van der Waals surface area contributed by atoms with Gasteiger partial charge in [0.25, 0.3) is 15.9 Å². The van der Waals surface area contributed by atoms with Gasteiger partial charge in [-0.3, -0.25) is 4.79 Å². The lowest BCUT2D eigenvalue weighted by atomic mass is 9.99. The van der Waals surface area contributed by atoms with Crippen molar-refractivity contribution in [1.82, 2.24) is 8.87 Å². The van der Waals surface area contributed by atoms with Crippen LogP contribution in [0.15, 0.2) is 94.0 Å². The van der Waals surface area contributed by atoms with Gasteiger partial charge in [0.2, 0.25) is 0 Å². The number of phenolic OH excluding ortho intramolecular Hbond substituents is 1. The first-order valence-electron chi connectivity index (χ1n) is 14.9. The molecule has 1 saturated carbocycles. The van der Waals surface area contributed by atoms with Crippen LogP contribution in [0.3, 0.4) is 0 Å². The Balaban J connectivity index is 1.76. The quantitative estimate of drug-likeness (QED) is 0.125. The van der Waals surface area contributed by atoms with E-state index in [-0.39, 0.29) is 56.5 Å². The first-order chi connectivity index (χ1) is 23.2.